The Morgan fingerprint density at radius 1 is 1.62 bits per heavy atom. The van der Waals surface area contributed by atoms with Crippen molar-refractivity contribution in [3.8, 4) is 5.75 Å². The summed E-state index contributed by atoms with van der Waals surface area (Å²) in [7, 11) is 1.55. The zero-order chi connectivity index (χ0) is 10.0. The quantitative estimate of drug-likeness (QED) is 0.826. The summed E-state index contributed by atoms with van der Waals surface area (Å²) in [5, 5.41) is 0. The molecule has 1 rings (SSSR count). The number of carbonyl (C=O) groups excluding carboxylic acids is 1. The monoisotopic (exact) mass is 355 g/mol. The van der Waals surface area contributed by atoms with Gasteiger partial charge in [0.15, 0.2) is 0 Å². The first-order valence-corrected chi connectivity index (χ1v) is 5.27. The second-order valence-corrected chi connectivity index (χ2v) is 4.26. The Kier molecular flexibility index (Phi) is 3.55. The first kappa shape index (κ1) is 10.8. The van der Waals surface area contributed by atoms with Crippen LogP contribution in [0.25, 0.3) is 0 Å². The predicted molar refractivity (Wildman–Crippen MR) is 61.9 cm³/mol. The molecule has 0 saturated heterocycles. The number of primary amides is 1. The standard InChI is InChI=1S/C8H7BrINO2/c1-13-7-5(10)3-2-4(6(7)9)8(11)12/h2-3H,1H3,(H2,11,12). The van der Waals surface area contributed by atoms with Crippen LogP contribution >= 0.6 is 38.5 Å². The van der Waals surface area contributed by atoms with Gasteiger partial charge in [-0.1, -0.05) is 0 Å². The molecule has 0 saturated carbocycles. The largest absolute Gasteiger partial charge is 0.494 e. The number of ether oxygens (including phenoxy) is 1. The van der Waals surface area contributed by atoms with Crippen LogP contribution in [0.2, 0.25) is 0 Å². The minimum atomic E-state index is -0.471. The molecule has 1 aromatic rings. The maximum absolute atomic E-state index is 10.9. The van der Waals surface area contributed by atoms with Crippen LogP contribution in [0.4, 0.5) is 0 Å². The van der Waals surface area contributed by atoms with E-state index < -0.39 is 5.91 Å². The molecule has 0 radical (unpaired) electrons. The highest BCUT2D eigenvalue weighted by molar-refractivity contribution is 14.1. The maximum Gasteiger partial charge on any atom is 0.249 e. The molecule has 0 heterocycles. The third-order valence-electron chi connectivity index (χ3n) is 1.52. The molecule has 70 valence electrons. The van der Waals surface area contributed by atoms with E-state index in [4.69, 9.17) is 10.5 Å². The van der Waals surface area contributed by atoms with Crippen molar-refractivity contribution in [3.05, 3.63) is 25.7 Å². The summed E-state index contributed by atoms with van der Waals surface area (Å²) in [6.45, 7) is 0. The average molecular weight is 356 g/mol. The predicted octanol–water partition coefficient (Wildman–Crippen LogP) is 2.16. The highest BCUT2D eigenvalue weighted by Gasteiger charge is 2.13. The van der Waals surface area contributed by atoms with Crippen LogP contribution in [0.3, 0.4) is 0 Å². The Morgan fingerprint density at radius 3 is 2.69 bits per heavy atom. The molecule has 0 aromatic heterocycles. The number of nitrogens with two attached hydrogens (primary N) is 1. The van der Waals surface area contributed by atoms with Gasteiger partial charge in [-0.25, -0.2) is 0 Å². The van der Waals surface area contributed by atoms with Crippen molar-refractivity contribution >= 4 is 44.4 Å². The number of carbonyl (C=O) groups is 1. The van der Waals surface area contributed by atoms with Crippen LogP contribution in [-0.2, 0) is 0 Å². The van der Waals surface area contributed by atoms with Gasteiger partial charge in [-0.15, -0.1) is 0 Å². The molecule has 0 unspecified atom stereocenters. The SMILES string of the molecule is COc1c(I)ccc(C(N)=O)c1Br. The number of benzene rings is 1. The maximum atomic E-state index is 10.9. The Balaban J connectivity index is 3.35. The van der Waals surface area contributed by atoms with E-state index in [1.54, 1.807) is 19.2 Å². The van der Waals surface area contributed by atoms with E-state index in [1.165, 1.54) is 0 Å². The lowest BCUT2D eigenvalue weighted by Crippen LogP contribution is -2.12. The van der Waals surface area contributed by atoms with E-state index in [9.17, 15) is 4.79 Å². The molecule has 3 nitrogen and oxygen atoms in total. The molecule has 0 aliphatic heterocycles. The van der Waals surface area contributed by atoms with Gasteiger partial charge in [0.05, 0.1) is 20.7 Å². The molecule has 5 heteroatoms. The van der Waals surface area contributed by atoms with Crippen molar-refractivity contribution in [2.45, 2.75) is 0 Å². The van der Waals surface area contributed by atoms with Gasteiger partial charge in [0.25, 0.3) is 0 Å². The van der Waals surface area contributed by atoms with Gasteiger partial charge < -0.3 is 10.5 Å². The van der Waals surface area contributed by atoms with Gasteiger partial charge in [0.1, 0.15) is 5.75 Å². The van der Waals surface area contributed by atoms with Crippen LogP contribution < -0.4 is 10.5 Å². The van der Waals surface area contributed by atoms with Crippen molar-refractivity contribution in [1.82, 2.24) is 0 Å². The Morgan fingerprint density at radius 2 is 2.23 bits per heavy atom. The van der Waals surface area contributed by atoms with Gasteiger partial charge in [-0.3, -0.25) is 4.79 Å². The van der Waals surface area contributed by atoms with Crippen LogP contribution in [0.15, 0.2) is 16.6 Å². The smallest absolute Gasteiger partial charge is 0.249 e. The minimum Gasteiger partial charge on any atom is -0.494 e. The molecular weight excluding hydrogens is 349 g/mol. The van der Waals surface area contributed by atoms with Crippen molar-refractivity contribution in [2.24, 2.45) is 5.73 Å². The number of halogens is 2. The molecule has 0 bridgehead atoms. The second-order valence-electron chi connectivity index (χ2n) is 2.31. The van der Waals surface area contributed by atoms with Crippen LogP contribution in [-0.4, -0.2) is 13.0 Å². The van der Waals surface area contributed by atoms with Crippen molar-refractivity contribution in [1.29, 1.82) is 0 Å². The highest BCUT2D eigenvalue weighted by atomic mass is 127. The first-order valence-electron chi connectivity index (χ1n) is 3.39. The van der Waals surface area contributed by atoms with Crippen LogP contribution in [0, 0.1) is 3.57 Å². The number of hydrogen-bond acceptors (Lipinski definition) is 2. The minimum absolute atomic E-state index is 0.428. The molecule has 0 fully saturated rings. The van der Waals surface area contributed by atoms with Gasteiger partial charge in [0, 0.05) is 0 Å². The molecule has 0 spiro atoms. The lowest BCUT2D eigenvalue weighted by molar-refractivity contribution is 0.0999. The fourth-order valence-electron chi connectivity index (χ4n) is 0.910. The molecule has 0 aliphatic carbocycles. The Hall–Kier alpha value is -0.300. The molecule has 1 aromatic carbocycles. The summed E-state index contributed by atoms with van der Waals surface area (Å²) < 4.78 is 6.64. The molecule has 1 amide bonds. The first-order chi connectivity index (χ1) is 6.07. The van der Waals surface area contributed by atoms with E-state index in [0.29, 0.717) is 15.8 Å². The van der Waals surface area contributed by atoms with Crippen molar-refractivity contribution < 1.29 is 9.53 Å². The normalized spacial score (nSPS) is 9.77. The van der Waals surface area contributed by atoms with E-state index in [2.05, 4.69) is 38.5 Å². The molecule has 0 atom stereocenters. The lowest BCUT2D eigenvalue weighted by Gasteiger charge is -2.08. The van der Waals surface area contributed by atoms with Gasteiger partial charge in [-0.05, 0) is 50.7 Å². The van der Waals surface area contributed by atoms with Crippen molar-refractivity contribution in [3.63, 3.8) is 0 Å². The summed E-state index contributed by atoms with van der Waals surface area (Å²) in [6.07, 6.45) is 0. The summed E-state index contributed by atoms with van der Waals surface area (Å²) in [6, 6.07) is 3.45. The van der Waals surface area contributed by atoms with Gasteiger partial charge in [0.2, 0.25) is 5.91 Å². The van der Waals surface area contributed by atoms with Gasteiger partial charge in [-0.2, -0.15) is 0 Å². The zero-order valence-electron chi connectivity index (χ0n) is 6.80. The summed E-state index contributed by atoms with van der Waals surface area (Å²) in [5.74, 6) is 0.165. The van der Waals surface area contributed by atoms with Crippen molar-refractivity contribution in [2.75, 3.05) is 7.11 Å². The van der Waals surface area contributed by atoms with E-state index in [0.717, 1.165) is 3.57 Å². The number of methoxy groups -OCH3 is 1. The Bertz CT molecular complexity index is 354. The van der Waals surface area contributed by atoms with E-state index in [1.807, 2.05) is 0 Å². The number of rotatable bonds is 2. The topological polar surface area (TPSA) is 52.3 Å². The third kappa shape index (κ3) is 2.14. The van der Waals surface area contributed by atoms with Crippen LogP contribution in [0.5, 0.6) is 5.75 Å². The van der Waals surface area contributed by atoms with E-state index >= 15 is 0 Å². The average Bonchev–Trinajstić information content (AvgIpc) is 2.04. The molecule has 0 aliphatic rings. The fraction of sp³-hybridized carbons (Fsp3) is 0.125. The molecule has 2 N–H and O–H groups in total. The molecule has 13 heavy (non-hydrogen) atoms. The molecular formula is C8H7BrINO2. The summed E-state index contributed by atoms with van der Waals surface area (Å²) >= 11 is 5.38. The van der Waals surface area contributed by atoms with Gasteiger partial charge >= 0.3 is 0 Å². The Labute approximate surface area is 97.9 Å². The van der Waals surface area contributed by atoms with E-state index in [-0.39, 0.29) is 0 Å². The zero-order valence-corrected chi connectivity index (χ0v) is 10.5. The fourth-order valence-corrected chi connectivity index (χ4v) is 2.65. The third-order valence-corrected chi connectivity index (χ3v) is 3.16. The number of amides is 1. The highest BCUT2D eigenvalue weighted by Crippen LogP contribution is 2.32. The van der Waals surface area contributed by atoms with Crippen LogP contribution in [0.1, 0.15) is 10.4 Å². The number of hydrogen-bond donors (Lipinski definition) is 1. The summed E-state index contributed by atoms with van der Waals surface area (Å²) in [5.41, 5.74) is 5.59. The second kappa shape index (κ2) is 4.28. The lowest BCUT2D eigenvalue weighted by atomic mass is 10.2. The summed E-state index contributed by atoms with van der Waals surface area (Å²) in [4.78, 5) is 10.9.